The molecule has 0 spiro atoms. The van der Waals surface area contributed by atoms with E-state index >= 15 is 0 Å². The molecule has 0 aliphatic carbocycles. The second-order valence-electron chi connectivity index (χ2n) is 6.06. The molecule has 1 aromatic rings. The van der Waals surface area contributed by atoms with E-state index in [1.54, 1.807) is 26.4 Å². The highest BCUT2D eigenvalue weighted by Gasteiger charge is 2.15. The van der Waals surface area contributed by atoms with Crippen LogP contribution in [0, 0.1) is 0 Å². The third kappa shape index (κ3) is 5.47. The van der Waals surface area contributed by atoms with Crippen molar-refractivity contribution in [1.29, 1.82) is 0 Å². The summed E-state index contributed by atoms with van der Waals surface area (Å²) >= 11 is 0. The summed E-state index contributed by atoms with van der Waals surface area (Å²) in [6.45, 7) is 9.68. The smallest absolute Gasteiger partial charge is 0.251 e. The van der Waals surface area contributed by atoms with E-state index in [2.05, 4.69) is 22.1 Å². The van der Waals surface area contributed by atoms with E-state index in [-0.39, 0.29) is 5.91 Å². The predicted octanol–water partition coefficient (Wildman–Crippen LogP) is 1.46. The summed E-state index contributed by atoms with van der Waals surface area (Å²) in [4.78, 5) is 14.9. The molecule has 138 valence electrons. The van der Waals surface area contributed by atoms with Crippen LogP contribution in [0.4, 0.5) is 0 Å². The first kappa shape index (κ1) is 19.3. The summed E-state index contributed by atoms with van der Waals surface area (Å²) in [5, 5.41) is 6.33. The monoisotopic (exact) mass is 347 g/mol. The number of benzene rings is 1. The van der Waals surface area contributed by atoms with Gasteiger partial charge < -0.3 is 25.0 Å². The quantitative estimate of drug-likeness (QED) is 0.523. The fourth-order valence-electron chi connectivity index (χ4n) is 3.02. The van der Waals surface area contributed by atoms with Gasteiger partial charge >= 0.3 is 0 Å². The summed E-state index contributed by atoms with van der Waals surface area (Å²) in [7, 11) is 3.17. The number of hydrogen-bond acceptors (Lipinski definition) is 5. The Balaban J connectivity index is 1.93. The van der Waals surface area contributed by atoms with Gasteiger partial charge in [0.1, 0.15) is 0 Å². The fraction of sp³-hybridized carbons (Fsp3) is 0.526. The van der Waals surface area contributed by atoms with Gasteiger partial charge in [-0.25, -0.2) is 0 Å². The van der Waals surface area contributed by atoms with E-state index in [9.17, 15) is 4.79 Å². The fourth-order valence-corrected chi connectivity index (χ4v) is 3.02. The summed E-state index contributed by atoms with van der Waals surface area (Å²) in [6.07, 6.45) is 3.34. The lowest BCUT2D eigenvalue weighted by Crippen LogP contribution is -2.44. The largest absolute Gasteiger partial charge is 0.493 e. The summed E-state index contributed by atoms with van der Waals surface area (Å²) in [5.74, 6) is 1.12. The second kappa shape index (κ2) is 10.1. The van der Waals surface area contributed by atoms with Gasteiger partial charge in [-0.05, 0) is 31.5 Å². The molecule has 1 fully saturated rings. The highest BCUT2D eigenvalue weighted by atomic mass is 16.5. The maximum atomic E-state index is 12.5. The van der Waals surface area contributed by atoms with Crippen LogP contribution in [0.15, 0.2) is 24.8 Å². The van der Waals surface area contributed by atoms with Crippen LogP contribution in [0.25, 0.3) is 0 Å². The standard InChI is InChI=1S/C19H29N3O3/c1-4-6-15-13-16(14-17(24-2)18(15)25-3)19(23)21-7-5-10-22-11-8-20-9-12-22/h4,13-14,20H,1,5-12H2,2-3H3,(H,21,23). The number of amides is 1. The van der Waals surface area contributed by atoms with E-state index in [0.717, 1.165) is 44.7 Å². The Morgan fingerprint density at radius 2 is 2.08 bits per heavy atom. The lowest BCUT2D eigenvalue weighted by molar-refractivity contribution is 0.0950. The van der Waals surface area contributed by atoms with Crippen LogP contribution >= 0.6 is 0 Å². The molecule has 2 rings (SSSR count). The minimum atomic E-state index is -0.0911. The normalized spacial score (nSPS) is 14.8. The predicted molar refractivity (Wildman–Crippen MR) is 99.7 cm³/mol. The molecule has 0 aromatic heterocycles. The van der Waals surface area contributed by atoms with Crippen molar-refractivity contribution in [3.8, 4) is 11.5 Å². The maximum absolute atomic E-state index is 12.5. The van der Waals surface area contributed by atoms with Crippen LogP contribution in [0.2, 0.25) is 0 Å². The average molecular weight is 347 g/mol. The van der Waals surface area contributed by atoms with Crippen LogP contribution in [0.1, 0.15) is 22.3 Å². The van der Waals surface area contributed by atoms with E-state index < -0.39 is 0 Å². The lowest BCUT2D eigenvalue weighted by Gasteiger charge is -2.27. The molecule has 6 nitrogen and oxygen atoms in total. The Bertz CT molecular complexity index is 584. The van der Waals surface area contributed by atoms with Crippen molar-refractivity contribution in [3.05, 3.63) is 35.9 Å². The second-order valence-corrected chi connectivity index (χ2v) is 6.06. The minimum absolute atomic E-state index is 0.0911. The summed E-state index contributed by atoms with van der Waals surface area (Å²) < 4.78 is 10.8. The molecule has 1 aromatic carbocycles. The lowest BCUT2D eigenvalue weighted by atomic mass is 10.0. The van der Waals surface area contributed by atoms with Crippen molar-refractivity contribution in [2.75, 3.05) is 53.5 Å². The molecule has 1 aliphatic rings. The number of ether oxygens (including phenoxy) is 2. The number of nitrogens with zero attached hydrogens (tertiary/aromatic N) is 1. The van der Waals surface area contributed by atoms with Gasteiger partial charge in [0.2, 0.25) is 0 Å². The van der Waals surface area contributed by atoms with E-state index in [0.29, 0.717) is 30.0 Å². The SMILES string of the molecule is C=CCc1cc(C(=O)NCCCN2CCNCC2)cc(OC)c1OC. The maximum Gasteiger partial charge on any atom is 0.251 e. The molecule has 6 heteroatoms. The number of piperazine rings is 1. The molecule has 2 N–H and O–H groups in total. The molecule has 1 aliphatic heterocycles. The Hall–Kier alpha value is -2.05. The first-order valence-electron chi connectivity index (χ1n) is 8.76. The number of allylic oxidation sites excluding steroid dienone is 1. The third-order valence-corrected chi connectivity index (χ3v) is 4.33. The minimum Gasteiger partial charge on any atom is -0.493 e. The zero-order valence-electron chi connectivity index (χ0n) is 15.3. The van der Waals surface area contributed by atoms with Gasteiger partial charge in [-0.1, -0.05) is 6.08 Å². The molecule has 1 amide bonds. The number of carbonyl (C=O) groups is 1. The molecular formula is C19H29N3O3. The number of rotatable bonds is 9. The topological polar surface area (TPSA) is 62.8 Å². The van der Waals surface area contributed by atoms with Crippen molar-refractivity contribution in [3.63, 3.8) is 0 Å². The zero-order valence-corrected chi connectivity index (χ0v) is 15.3. The molecular weight excluding hydrogens is 318 g/mol. The molecule has 0 saturated carbocycles. The molecule has 1 heterocycles. The van der Waals surface area contributed by atoms with Gasteiger partial charge in [0, 0.05) is 43.9 Å². The van der Waals surface area contributed by atoms with Crippen LogP contribution in [-0.4, -0.2) is 64.3 Å². The summed E-state index contributed by atoms with van der Waals surface area (Å²) in [5.41, 5.74) is 1.47. The van der Waals surface area contributed by atoms with Gasteiger partial charge in [-0.3, -0.25) is 4.79 Å². The van der Waals surface area contributed by atoms with Crippen LogP contribution in [0.3, 0.4) is 0 Å². The molecule has 1 saturated heterocycles. The van der Waals surface area contributed by atoms with Gasteiger partial charge in [0.05, 0.1) is 14.2 Å². The van der Waals surface area contributed by atoms with Gasteiger partial charge in [0.15, 0.2) is 11.5 Å². The van der Waals surface area contributed by atoms with Gasteiger partial charge in [0.25, 0.3) is 5.91 Å². The van der Waals surface area contributed by atoms with Crippen molar-refractivity contribution in [1.82, 2.24) is 15.5 Å². The van der Waals surface area contributed by atoms with Crippen molar-refractivity contribution in [2.45, 2.75) is 12.8 Å². The highest BCUT2D eigenvalue weighted by Crippen LogP contribution is 2.33. The molecule has 0 unspecified atom stereocenters. The third-order valence-electron chi connectivity index (χ3n) is 4.33. The van der Waals surface area contributed by atoms with E-state index in [1.165, 1.54) is 0 Å². The summed E-state index contributed by atoms with van der Waals surface area (Å²) in [6, 6.07) is 3.56. The van der Waals surface area contributed by atoms with Crippen molar-refractivity contribution < 1.29 is 14.3 Å². The Kier molecular flexibility index (Phi) is 7.76. The van der Waals surface area contributed by atoms with E-state index in [4.69, 9.17) is 9.47 Å². The number of nitrogens with one attached hydrogen (secondary N) is 2. The Labute approximate surface area is 150 Å². The van der Waals surface area contributed by atoms with Crippen LogP contribution in [0.5, 0.6) is 11.5 Å². The van der Waals surface area contributed by atoms with E-state index in [1.807, 2.05) is 6.07 Å². The van der Waals surface area contributed by atoms with Crippen LogP contribution < -0.4 is 20.1 Å². The molecule has 0 radical (unpaired) electrons. The molecule has 0 bridgehead atoms. The van der Waals surface area contributed by atoms with Crippen molar-refractivity contribution in [2.24, 2.45) is 0 Å². The number of hydrogen-bond donors (Lipinski definition) is 2. The number of carbonyl (C=O) groups excluding carboxylic acids is 1. The Morgan fingerprint density at radius 3 is 2.72 bits per heavy atom. The average Bonchev–Trinajstić information content (AvgIpc) is 2.65. The molecule has 0 atom stereocenters. The zero-order chi connectivity index (χ0) is 18.1. The number of methoxy groups -OCH3 is 2. The van der Waals surface area contributed by atoms with Gasteiger partial charge in [-0.15, -0.1) is 6.58 Å². The highest BCUT2D eigenvalue weighted by molar-refractivity contribution is 5.95. The molecule has 25 heavy (non-hydrogen) atoms. The van der Waals surface area contributed by atoms with Crippen LogP contribution in [-0.2, 0) is 6.42 Å². The van der Waals surface area contributed by atoms with Crippen molar-refractivity contribution >= 4 is 5.91 Å². The first-order chi connectivity index (χ1) is 12.2. The Morgan fingerprint density at radius 1 is 1.32 bits per heavy atom. The van der Waals surface area contributed by atoms with Gasteiger partial charge in [-0.2, -0.15) is 0 Å². The first-order valence-corrected chi connectivity index (χ1v) is 8.76.